The van der Waals surface area contributed by atoms with Crippen LogP contribution in [0, 0.1) is 5.92 Å². The van der Waals surface area contributed by atoms with E-state index in [4.69, 9.17) is 9.97 Å². The van der Waals surface area contributed by atoms with Gasteiger partial charge in [0.25, 0.3) is 0 Å². The predicted molar refractivity (Wildman–Crippen MR) is 164 cm³/mol. The van der Waals surface area contributed by atoms with Crippen LogP contribution in [0.1, 0.15) is 31.2 Å². The van der Waals surface area contributed by atoms with Crippen molar-refractivity contribution in [2.45, 2.75) is 38.1 Å². The first-order valence-corrected chi connectivity index (χ1v) is 14.2. The summed E-state index contributed by atoms with van der Waals surface area (Å²) in [6.07, 6.45) is 5.77. The first-order valence-electron chi connectivity index (χ1n) is 14.2. The summed E-state index contributed by atoms with van der Waals surface area (Å²) >= 11 is 0. The third kappa shape index (κ3) is 5.62. The average Bonchev–Trinajstić information content (AvgIpc) is 3.34. The van der Waals surface area contributed by atoms with Crippen LogP contribution in [0.15, 0.2) is 78.9 Å². The number of hydrogen-bond donors (Lipinski definition) is 3. The lowest BCUT2D eigenvalue weighted by Crippen LogP contribution is -2.32. The summed E-state index contributed by atoms with van der Waals surface area (Å²) in [5, 5.41) is 9.84. The minimum Gasteiger partial charge on any atom is -0.362 e. The van der Waals surface area contributed by atoms with Crippen molar-refractivity contribution in [2.75, 3.05) is 37.4 Å². The van der Waals surface area contributed by atoms with E-state index in [2.05, 4.69) is 87.2 Å². The molecule has 0 aliphatic heterocycles. The lowest BCUT2D eigenvalue weighted by Gasteiger charge is -2.29. The third-order valence-electron chi connectivity index (χ3n) is 8.05. The number of benzene rings is 3. The number of rotatable bonds is 9. The highest BCUT2D eigenvalue weighted by Crippen LogP contribution is 2.31. The molecule has 0 unspecified atom stereocenters. The summed E-state index contributed by atoms with van der Waals surface area (Å²) in [6, 6.07) is 28.0. The zero-order chi connectivity index (χ0) is 26.6. The van der Waals surface area contributed by atoms with E-state index in [0.717, 1.165) is 60.9 Å². The van der Waals surface area contributed by atoms with Crippen molar-refractivity contribution in [3.05, 3.63) is 84.4 Å². The molecule has 6 nitrogen and oxygen atoms in total. The van der Waals surface area contributed by atoms with Crippen LogP contribution in [0.2, 0.25) is 0 Å². The van der Waals surface area contributed by atoms with Gasteiger partial charge in [0.05, 0.1) is 5.52 Å². The standard InChI is InChI=1S/C33H38N6/c1-39(2)32-28-13-7-9-15-30(28)37-33(38-32)35-25-18-16-23(17-19-25)22-34-21-20-27-26-12-6-8-14-29(26)36-31(27)24-10-4-3-5-11-24/h3-15,23,25,34,36H,16-22H2,1-2H3,(H,35,37,38). The maximum atomic E-state index is 4.84. The van der Waals surface area contributed by atoms with Crippen molar-refractivity contribution in [1.82, 2.24) is 20.3 Å². The van der Waals surface area contributed by atoms with Crippen molar-refractivity contribution < 1.29 is 0 Å². The Hall–Kier alpha value is -3.90. The number of H-pyrrole nitrogens is 1. The molecule has 0 saturated heterocycles. The number of aromatic nitrogens is 3. The minimum atomic E-state index is 0.428. The van der Waals surface area contributed by atoms with Gasteiger partial charge in [-0.2, -0.15) is 4.98 Å². The molecule has 0 bridgehead atoms. The third-order valence-corrected chi connectivity index (χ3v) is 8.05. The second-order valence-corrected chi connectivity index (χ2v) is 11.0. The van der Waals surface area contributed by atoms with Crippen LogP contribution in [-0.4, -0.2) is 48.2 Å². The van der Waals surface area contributed by atoms with Gasteiger partial charge in [-0.3, -0.25) is 0 Å². The monoisotopic (exact) mass is 518 g/mol. The Morgan fingerprint density at radius 2 is 1.54 bits per heavy atom. The summed E-state index contributed by atoms with van der Waals surface area (Å²) in [7, 11) is 4.08. The number of para-hydroxylation sites is 2. The molecule has 5 aromatic rings. The van der Waals surface area contributed by atoms with Gasteiger partial charge >= 0.3 is 0 Å². The Morgan fingerprint density at radius 3 is 2.33 bits per heavy atom. The molecule has 200 valence electrons. The van der Waals surface area contributed by atoms with E-state index >= 15 is 0 Å². The first kappa shape index (κ1) is 25.4. The molecule has 0 amide bonds. The molecule has 0 atom stereocenters. The number of aromatic amines is 1. The van der Waals surface area contributed by atoms with Crippen LogP contribution in [0.25, 0.3) is 33.1 Å². The smallest absolute Gasteiger partial charge is 0.225 e. The Labute approximate surface area is 230 Å². The molecule has 1 saturated carbocycles. The van der Waals surface area contributed by atoms with Crippen molar-refractivity contribution in [1.29, 1.82) is 0 Å². The van der Waals surface area contributed by atoms with Gasteiger partial charge in [0.1, 0.15) is 5.82 Å². The van der Waals surface area contributed by atoms with Crippen molar-refractivity contribution in [3.8, 4) is 11.3 Å². The quantitative estimate of drug-likeness (QED) is 0.191. The van der Waals surface area contributed by atoms with Crippen LogP contribution >= 0.6 is 0 Å². The highest BCUT2D eigenvalue weighted by molar-refractivity contribution is 5.91. The van der Waals surface area contributed by atoms with Gasteiger partial charge in [-0.15, -0.1) is 0 Å². The van der Waals surface area contributed by atoms with Gasteiger partial charge in [0, 0.05) is 42.1 Å². The van der Waals surface area contributed by atoms with Gasteiger partial charge in [-0.1, -0.05) is 60.7 Å². The topological polar surface area (TPSA) is 68.9 Å². The zero-order valence-electron chi connectivity index (χ0n) is 23.0. The summed E-state index contributed by atoms with van der Waals surface area (Å²) < 4.78 is 0. The molecular formula is C33H38N6. The number of hydrogen-bond acceptors (Lipinski definition) is 5. The number of nitrogens with one attached hydrogen (secondary N) is 3. The van der Waals surface area contributed by atoms with Crippen LogP contribution < -0.4 is 15.5 Å². The molecule has 1 fully saturated rings. The number of anilines is 2. The van der Waals surface area contributed by atoms with E-state index in [1.807, 2.05) is 26.2 Å². The maximum absolute atomic E-state index is 4.84. The van der Waals surface area contributed by atoms with E-state index in [0.29, 0.717) is 6.04 Å². The Kier molecular flexibility index (Phi) is 7.46. The molecule has 3 N–H and O–H groups in total. The van der Waals surface area contributed by atoms with Gasteiger partial charge in [0.2, 0.25) is 5.95 Å². The van der Waals surface area contributed by atoms with Crippen LogP contribution in [0.3, 0.4) is 0 Å². The molecule has 6 heteroatoms. The molecule has 2 heterocycles. The highest BCUT2D eigenvalue weighted by Gasteiger charge is 2.22. The molecular weight excluding hydrogens is 480 g/mol. The second-order valence-electron chi connectivity index (χ2n) is 11.0. The molecule has 1 aliphatic carbocycles. The molecule has 6 rings (SSSR count). The number of nitrogens with zero attached hydrogens (tertiary/aromatic N) is 3. The lowest BCUT2D eigenvalue weighted by atomic mass is 9.86. The van der Waals surface area contributed by atoms with Crippen LogP contribution in [0.4, 0.5) is 11.8 Å². The number of fused-ring (bicyclic) bond motifs is 2. The fourth-order valence-corrected chi connectivity index (χ4v) is 5.99. The SMILES string of the molecule is CN(C)c1nc(NC2CCC(CNCCc3c(-c4ccccc4)[nH]c4ccccc34)CC2)nc2ccccc12. The summed E-state index contributed by atoms with van der Waals surface area (Å²) in [4.78, 5) is 15.4. The molecule has 3 aromatic carbocycles. The summed E-state index contributed by atoms with van der Waals surface area (Å²) in [5.41, 5.74) is 6.11. The lowest BCUT2D eigenvalue weighted by molar-refractivity contribution is 0.325. The van der Waals surface area contributed by atoms with E-state index in [1.165, 1.54) is 40.6 Å². The fraction of sp³-hybridized carbons (Fsp3) is 0.333. The molecule has 0 spiro atoms. The van der Waals surface area contributed by atoms with E-state index < -0.39 is 0 Å². The predicted octanol–water partition coefficient (Wildman–Crippen LogP) is 6.65. The minimum absolute atomic E-state index is 0.428. The molecule has 2 aromatic heterocycles. The zero-order valence-corrected chi connectivity index (χ0v) is 23.0. The normalized spacial score (nSPS) is 17.5. The Bertz CT molecular complexity index is 1530. The summed E-state index contributed by atoms with van der Waals surface area (Å²) in [5.74, 6) is 2.42. The van der Waals surface area contributed by atoms with Crippen molar-refractivity contribution in [2.24, 2.45) is 5.92 Å². The van der Waals surface area contributed by atoms with E-state index in [-0.39, 0.29) is 0 Å². The van der Waals surface area contributed by atoms with Crippen LogP contribution in [0.5, 0.6) is 0 Å². The van der Waals surface area contributed by atoms with Gasteiger partial charge in [-0.25, -0.2) is 4.98 Å². The molecule has 1 aliphatic rings. The highest BCUT2D eigenvalue weighted by atomic mass is 15.2. The van der Waals surface area contributed by atoms with Crippen molar-refractivity contribution >= 4 is 33.6 Å². The fourth-order valence-electron chi connectivity index (χ4n) is 5.99. The summed E-state index contributed by atoms with van der Waals surface area (Å²) in [6.45, 7) is 2.06. The van der Waals surface area contributed by atoms with Gasteiger partial charge in [-0.05, 0) is 80.4 Å². The molecule has 0 radical (unpaired) electrons. The first-order chi connectivity index (χ1) is 19.2. The molecule has 39 heavy (non-hydrogen) atoms. The van der Waals surface area contributed by atoms with E-state index in [1.54, 1.807) is 0 Å². The van der Waals surface area contributed by atoms with Crippen LogP contribution in [-0.2, 0) is 6.42 Å². The second kappa shape index (κ2) is 11.5. The average molecular weight is 519 g/mol. The van der Waals surface area contributed by atoms with Crippen molar-refractivity contribution in [3.63, 3.8) is 0 Å². The van der Waals surface area contributed by atoms with Gasteiger partial charge in [0.15, 0.2) is 0 Å². The Morgan fingerprint density at radius 1 is 0.821 bits per heavy atom. The Balaban J connectivity index is 1.02. The van der Waals surface area contributed by atoms with Gasteiger partial charge < -0.3 is 20.5 Å². The maximum Gasteiger partial charge on any atom is 0.225 e. The van der Waals surface area contributed by atoms with E-state index in [9.17, 15) is 0 Å². The largest absolute Gasteiger partial charge is 0.362 e.